The van der Waals surface area contributed by atoms with Crippen molar-refractivity contribution in [2.75, 3.05) is 5.73 Å². The van der Waals surface area contributed by atoms with Crippen LogP contribution in [0.25, 0.3) is 0 Å². The second-order valence-corrected chi connectivity index (χ2v) is 7.65. The van der Waals surface area contributed by atoms with Gasteiger partial charge >= 0.3 is 0 Å². The van der Waals surface area contributed by atoms with Crippen molar-refractivity contribution in [1.82, 2.24) is 5.32 Å². The maximum Gasteiger partial charge on any atom is 0.221 e. The summed E-state index contributed by atoms with van der Waals surface area (Å²) in [5.74, 6) is 0.640. The minimum absolute atomic E-state index is 0.161. The molecule has 0 spiro atoms. The number of nitrogens with one attached hydrogen (secondary N) is 1. The van der Waals surface area contributed by atoms with Crippen molar-refractivity contribution < 1.29 is 14.3 Å². The second kappa shape index (κ2) is 6.12. The van der Waals surface area contributed by atoms with Crippen molar-refractivity contribution in [1.29, 1.82) is 0 Å². The predicted octanol–water partition coefficient (Wildman–Crippen LogP) is 3.83. The van der Waals surface area contributed by atoms with Crippen LogP contribution in [0.4, 0.5) is 5.69 Å². The molecule has 2 aliphatic rings. The second-order valence-electron chi connectivity index (χ2n) is 7.65. The van der Waals surface area contributed by atoms with Gasteiger partial charge < -0.3 is 15.8 Å². The number of amides is 1. The molecule has 0 fully saturated rings. The van der Waals surface area contributed by atoms with E-state index in [2.05, 4.69) is 19.2 Å². The van der Waals surface area contributed by atoms with Crippen molar-refractivity contribution in [2.24, 2.45) is 0 Å². The Morgan fingerprint density at radius 2 is 2.07 bits per heavy atom. The first-order chi connectivity index (χ1) is 12.9. The van der Waals surface area contributed by atoms with E-state index in [0.29, 0.717) is 41.3 Å². The fourth-order valence-corrected chi connectivity index (χ4v) is 4.18. The summed E-state index contributed by atoms with van der Waals surface area (Å²) in [7, 11) is 0. The van der Waals surface area contributed by atoms with Crippen LogP contribution >= 0.6 is 0 Å². The Morgan fingerprint density at radius 1 is 1.30 bits per heavy atom. The normalized spacial score (nSPS) is 22.2. The predicted molar refractivity (Wildman–Crippen MR) is 104 cm³/mol. The van der Waals surface area contributed by atoms with E-state index in [0.717, 1.165) is 11.1 Å². The van der Waals surface area contributed by atoms with E-state index in [-0.39, 0.29) is 11.7 Å². The summed E-state index contributed by atoms with van der Waals surface area (Å²) in [6, 6.07) is 11.3. The fraction of sp³-hybridized carbons (Fsp3) is 0.364. The van der Waals surface area contributed by atoms with Gasteiger partial charge in [-0.1, -0.05) is 45.0 Å². The number of benzene rings is 2. The molecule has 1 amide bonds. The zero-order valence-corrected chi connectivity index (χ0v) is 15.8. The van der Waals surface area contributed by atoms with Gasteiger partial charge in [-0.05, 0) is 30.0 Å². The van der Waals surface area contributed by atoms with E-state index in [9.17, 15) is 9.59 Å². The van der Waals surface area contributed by atoms with Gasteiger partial charge in [0, 0.05) is 23.2 Å². The monoisotopic (exact) mass is 364 g/mol. The van der Waals surface area contributed by atoms with Crippen molar-refractivity contribution in [3.8, 4) is 5.75 Å². The topological polar surface area (TPSA) is 81.4 Å². The summed E-state index contributed by atoms with van der Waals surface area (Å²) < 4.78 is 6.26. The Hall–Kier alpha value is -2.82. The van der Waals surface area contributed by atoms with Gasteiger partial charge in [0.15, 0.2) is 17.4 Å². The number of hydrogen-bond acceptors (Lipinski definition) is 4. The lowest BCUT2D eigenvalue weighted by atomic mass is 9.84. The molecule has 5 nitrogen and oxygen atoms in total. The maximum atomic E-state index is 13.6. The fourth-order valence-electron chi connectivity index (χ4n) is 4.18. The van der Waals surface area contributed by atoms with Crippen molar-refractivity contribution >= 4 is 17.4 Å². The van der Waals surface area contributed by atoms with Gasteiger partial charge in [0.25, 0.3) is 0 Å². The van der Waals surface area contributed by atoms with Gasteiger partial charge in [-0.2, -0.15) is 0 Å². The third-order valence-electron chi connectivity index (χ3n) is 5.55. The van der Waals surface area contributed by atoms with Crippen LogP contribution in [-0.4, -0.2) is 11.7 Å². The molecule has 5 heteroatoms. The van der Waals surface area contributed by atoms with Gasteiger partial charge in [-0.15, -0.1) is 0 Å². The average Bonchev–Trinajstić information content (AvgIpc) is 3.06. The van der Waals surface area contributed by atoms with Crippen molar-refractivity contribution in [3.63, 3.8) is 0 Å². The Balaban J connectivity index is 1.90. The molecular weight excluding hydrogens is 340 g/mol. The quantitative estimate of drug-likeness (QED) is 0.808. The number of ether oxygens (including phenoxy) is 1. The molecule has 0 aromatic heterocycles. The van der Waals surface area contributed by atoms with Gasteiger partial charge in [0.2, 0.25) is 5.91 Å². The lowest BCUT2D eigenvalue weighted by molar-refractivity contribution is -0.123. The molecule has 1 aliphatic heterocycles. The van der Waals surface area contributed by atoms with E-state index in [1.54, 1.807) is 6.07 Å². The Morgan fingerprint density at radius 3 is 2.78 bits per heavy atom. The smallest absolute Gasteiger partial charge is 0.221 e. The summed E-state index contributed by atoms with van der Waals surface area (Å²) in [6.45, 7) is 6.15. The zero-order chi connectivity index (χ0) is 19.3. The highest BCUT2D eigenvalue weighted by Crippen LogP contribution is 2.56. The molecule has 4 rings (SSSR count). The first-order valence-electron chi connectivity index (χ1n) is 9.45. The molecule has 140 valence electrons. The molecule has 2 aromatic carbocycles. The van der Waals surface area contributed by atoms with Gasteiger partial charge in [0.05, 0.1) is 5.56 Å². The first kappa shape index (κ1) is 17.6. The lowest BCUT2D eigenvalue weighted by Gasteiger charge is -2.28. The molecule has 3 N–H and O–H groups in total. The van der Waals surface area contributed by atoms with Gasteiger partial charge in [0.1, 0.15) is 5.75 Å². The number of Topliss-reactive ketones (excluding diaryl/α,β-unsaturated/α-hetero) is 1. The Kier molecular flexibility index (Phi) is 3.98. The highest BCUT2D eigenvalue weighted by molar-refractivity contribution is 6.14. The lowest BCUT2D eigenvalue weighted by Crippen LogP contribution is -2.51. The number of rotatable bonds is 4. The Labute approximate surface area is 158 Å². The number of carbonyl (C=O) groups excluding carboxylic acids is 2. The van der Waals surface area contributed by atoms with E-state index >= 15 is 0 Å². The van der Waals surface area contributed by atoms with Gasteiger partial charge in [-0.3, -0.25) is 9.59 Å². The molecule has 2 aromatic rings. The molecular formula is C22H24N2O3. The Bertz CT molecular complexity index is 951. The minimum atomic E-state index is -1.24. The van der Waals surface area contributed by atoms with Crippen LogP contribution in [0, 0.1) is 0 Å². The maximum absolute atomic E-state index is 13.6. The van der Waals surface area contributed by atoms with Crippen LogP contribution in [-0.2, 0) is 10.3 Å². The van der Waals surface area contributed by atoms with Crippen LogP contribution < -0.4 is 15.8 Å². The molecule has 1 aliphatic carbocycles. The molecule has 1 heterocycles. The number of hydrogen-bond donors (Lipinski definition) is 2. The van der Waals surface area contributed by atoms with Crippen LogP contribution in [0.2, 0.25) is 0 Å². The summed E-state index contributed by atoms with van der Waals surface area (Å²) >= 11 is 0. The van der Waals surface area contributed by atoms with E-state index in [1.807, 2.05) is 37.3 Å². The molecule has 0 saturated heterocycles. The van der Waals surface area contributed by atoms with E-state index in [4.69, 9.17) is 10.5 Å². The molecule has 0 bridgehead atoms. The average molecular weight is 364 g/mol. The van der Waals surface area contributed by atoms with Gasteiger partial charge in [-0.25, -0.2) is 0 Å². The summed E-state index contributed by atoms with van der Waals surface area (Å²) in [5.41, 5.74) is 8.31. The van der Waals surface area contributed by atoms with Crippen LogP contribution in [0.1, 0.15) is 72.7 Å². The van der Waals surface area contributed by atoms with Crippen molar-refractivity contribution in [3.05, 3.63) is 58.7 Å². The number of carbonyl (C=O) groups is 2. The van der Waals surface area contributed by atoms with Crippen LogP contribution in [0.5, 0.6) is 5.75 Å². The third-order valence-corrected chi connectivity index (χ3v) is 5.55. The highest BCUT2D eigenvalue weighted by Gasteiger charge is 2.62. The standard InChI is InChI=1S/C22H24N2O3/c1-4-6-18(25)24-22-15-10-9-13(12(2)3)11-17(15)27-21(22)14-7-5-8-16(23)19(14)20(22)26/h5,7-12,21H,4,6,23H2,1-3H3,(H,24,25)/t21?,22-/m1/s1. The summed E-state index contributed by atoms with van der Waals surface area (Å²) in [4.78, 5) is 26.1. The molecule has 1 unspecified atom stereocenters. The van der Waals surface area contributed by atoms with Crippen LogP contribution in [0.15, 0.2) is 36.4 Å². The number of fused-ring (bicyclic) bond motifs is 5. The highest BCUT2D eigenvalue weighted by atomic mass is 16.5. The van der Waals surface area contributed by atoms with E-state index in [1.165, 1.54) is 0 Å². The van der Waals surface area contributed by atoms with Crippen molar-refractivity contribution in [2.45, 2.75) is 51.2 Å². The number of ketones is 1. The molecule has 27 heavy (non-hydrogen) atoms. The SMILES string of the molecule is CCCC(=O)N[C@]12C(=O)c3c(N)cccc3C1Oc1cc(C(C)C)ccc12. The number of nitrogens with two attached hydrogens (primary N) is 1. The van der Waals surface area contributed by atoms with E-state index < -0.39 is 11.6 Å². The number of nitrogen functional groups attached to an aromatic ring is 1. The number of anilines is 1. The molecule has 0 radical (unpaired) electrons. The summed E-state index contributed by atoms with van der Waals surface area (Å²) in [6.07, 6.45) is 0.463. The molecule has 0 saturated carbocycles. The summed E-state index contributed by atoms with van der Waals surface area (Å²) in [5, 5.41) is 3.02. The molecule has 2 atom stereocenters. The zero-order valence-electron chi connectivity index (χ0n) is 15.8. The van der Waals surface area contributed by atoms with Crippen LogP contribution in [0.3, 0.4) is 0 Å². The first-order valence-corrected chi connectivity index (χ1v) is 9.45. The third kappa shape index (κ3) is 2.37. The minimum Gasteiger partial charge on any atom is -0.482 e. The largest absolute Gasteiger partial charge is 0.482 e.